The van der Waals surface area contributed by atoms with Crippen molar-refractivity contribution in [3.63, 3.8) is 0 Å². The first-order chi connectivity index (χ1) is 9.46. The summed E-state index contributed by atoms with van der Waals surface area (Å²) in [5, 5.41) is -0.878. The molecule has 0 aliphatic carbocycles. The highest BCUT2D eigenvalue weighted by molar-refractivity contribution is 8.15. The van der Waals surface area contributed by atoms with E-state index < -0.39 is 5.37 Å². The first-order valence-electron chi connectivity index (χ1n) is 7.76. The number of carbonyl (C=O) groups excluding carboxylic acids is 2. The molecule has 5 heteroatoms. The highest BCUT2D eigenvalue weighted by Gasteiger charge is 2.46. The van der Waals surface area contributed by atoms with Gasteiger partial charge in [0, 0.05) is 5.54 Å². The molecule has 116 valence electrons. The van der Waals surface area contributed by atoms with Gasteiger partial charge in [0.2, 0.25) is 0 Å². The number of thioether (sulfide) groups is 1. The van der Waals surface area contributed by atoms with Crippen LogP contribution in [0, 0.1) is 0 Å². The molecule has 2 amide bonds. The van der Waals surface area contributed by atoms with E-state index in [-0.39, 0.29) is 16.7 Å². The van der Waals surface area contributed by atoms with Crippen LogP contribution < -0.4 is 5.73 Å². The Bertz CT molecular complexity index is 337. The van der Waals surface area contributed by atoms with Crippen molar-refractivity contribution in [2.45, 2.75) is 83.1 Å². The van der Waals surface area contributed by atoms with Crippen LogP contribution in [0.15, 0.2) is 0 Å². The maximum absolute atomic E-state index is 12.2. The van der Waals surface area contributed by atoms with Crippen LogP contribution in [0.25, 0.3) is 0 Å². The maximum atomic E-state index is 12.2. The van der Waals surface area contributed by atoms with Gasteiger partial charge in [0.15, 0.2) is 0 Å². The third kappa shape index (κ3) is 4.22. The zero-order chi connectivity index (χ0) is 15.2. The first kappa shape index (κ1) is 17.5. The number of imide groups is 1. The van der Waals surface area contributed by atoms with Gasteiger partial charge in [0.05, 0.1) is 0 Å². The molecule has 1 fully saturated rings. The summed E-state index contributed by atoms with van der Waals surface area (Å²) in [4.78, 5) is 25.7. The summed E-state index contributed by atoms with van der Waals surface area (Å²) in [5.74, 6) is -0.213. The molecule has 2 N–H and O–H groups in total. The highest BCUT2D eigenvalue weighted by Crippen LogP contribution is 2.36. The quantitative estimate of drug-likeness (QED) is 0.656. The van der Waals surface area contributed by atoms with Gasteiger partial charge in [-0.1, -0.05) is 52.4 Å². The second-order valence-electron chi connectivity index (χ2n) is 5.89. The molecule has 1 rings (SSSR count). The van der Waals surface area contributed by atoms with Gasteiger partial charge in [-0.25, -0.2) is 0 Å². The molecule has 0 spiro atoms. The van der Waals surface area contributed by atoms with Crippen molar-refractivity contribution in [3.8, 4) is 0 Å². The summed E-state index contributed by atoms with van der Waals surface area (Å²) < 4.78 is 0. The van der Waals surface area contributed by atoms with Gasteiger partial charge in [-0.3, -0.25) is 14.5 Å². The van der Waals surface area contributed by atoms with Crippen LogP contribution in [-0.2, 0) is 4.79 Å². The van der Waals surface area contributed by atoms with Crippen molar-refractivity contribution in [3.05, 3.63) is 0 Å². The number of nitrogens with zero attached hydrogens (tertiary/aromatic N) is 1. The third-order valence-electron chi connectivity index (χ3n) is 4.05. The first-order valence-corrected chi connectivity index (χ1v) is 8.64. The summed E-state index contributed by atoms with van der Waals surface area (Å²) in [6.07, 6.45) is 8.43. The third-order valence-corrected chi connectivity index (χ3v) is 4.89. The number of hydrogen-bond donors (Lipinski definition) is 1. The van der Waals surface area contributed by atoms with Crippen LogP contribution in [0.5, 0.6) is 0 Å². The molecule has 0 aromatic rings. The van der Waals surface area contributed by atoms with E-state index in [0.29, 0.717) is 0 Å². The van der Waals surface area contributed by atoms with Crippen molar-refractivity contribution < 1.29 is 9.59 Å². The Morgan fingerprint density at radius 3 is 1.95 bits per heavy atom. The number of rotatable bonds is 9. The van der Waals surface area contributed by atoms with Crippen molar-refractivity contribution >= 4 is 22.9 Å². The molecule has 0 saturated carbocycles. The fourth-order valence-corrected chi connectivity index (χ4v) is 3.61. The van der Waals surface area contributed by atoms with Crippen molar-refractivity contribution in [2.75, 3.05) is 0 Å². The zero-order valence-electron chi connectivity index (χ0n) is 13.0. The second-order valence-corrected chi connectivity index (χ2v) is 6.98. The standard InChI is InChI=1S/C15H28N2O2S/c1-4-6-8-10-15(3,11-9-7-5-2)17-13(18)12(16)20-14(17)19/h12H,4-11,16H2,1-3H3. The van der Waals surface area contributed by atoms with Crippen molar-refractivity contribution in [1.82, 2.24) is 4.90 Å². The van der Waals surface area contributed by atoms with E-state index in [9.17, 15) is 9.59 Å². The minimum Gasteiger partial charge on any atom is -0.311 e. The van der Waals surface area contributed by atoms with E-state index in [2.05, 4.69) is 13.8 Å². The lowest BCUT2D eigenvalue weighted by molar-refractivity contribution is -0.131. The lowest BCUT2D eigenvalue weighted by Gasteiger charge is -2.37. The van der Waals surface area contributed by atoms with E-state index in [4.69, 9.17) is 5.73 Å². The highest BCUT2D eigenvalue weighted by atomic mass is 32.2. The summed E-state index contributed by atoms with van der Waals surface area (Å²) in [5.41, 5.74) is 5.35. The maximum Gasteiger partial charge on any atom is 0.290 e. The summed E-state index contributed by atoms with van der Waals surface area (Å²) >= 11 is 0.957. The molecular formula is C15H28N2O2S. The smallest absolute Gasteiger partial charge is 0.290 e. The normalized spacial score (nSPS) is 20.0. The Hall–Kier alpha value is -0.550. The lowest BCUT2D eigenvalue weighted by atomic mass is 9.86. The topological polar surface area (TPSA) is 63.4 Å². The minimum absolute atomic E-state index is 0.169. The van der Waals surface area contributed by atoms with Gasteiger partial charge in [0.1, 0.15) is 5.37 Å². The average molecular weight is 300 g/mol. The van der Waals surface area contributed by atoms with Crippen LogP contribution in [0.1, 0.15) is 72.1 Å². The number of amides is 2. The average Bonchev–Trinajstić information content (AvgIpc) is 2.64. The lowest BCUT2D eigenvalue weighted by Crippen LogP contribution is -2.50. The van der Waals surface area contributed by atoms with E-state index in [1.807, 2.05) is 6.92 Å². The van der Waals surface area contributed by atoms with Gasteiger partial charge in [-0.05, 0) is 31.5 Å². The fraction of sp³-hybridized carbons (Fsp3) is 0.867. The molecule has 0 radical (unpaired) electrons. The molecule has 1 unspecified atom stereocenters. The number of nitrogens with two attached hydrogens (primary N) is 1. The predicted molar refractivity (Wildman–Crippen MR) is 84.5 cm³/mol. The van der Waals surface area contributed by atoms with Crippen molar-refractivity contribution in [2.24, 2.45) is 5.73 Å². The molecule has 0 bridgehead atoms. The molecule has 0 aromatic carbocycles. The molecule has 1 aliphatic heterocycles. The molecule has 1 atom stereocenters. The van der Waals surface area contributed by atoms with E-state index in [1.54, 1.807) is 0 Å². The summed E-state index contributed by atoms with van der Waals surface area (Å²) in [6, 6.07) is 0. The van der Waals surface area contributed by atoms with Gasteiger partial charge >= 0.3 is 0 Å². The monoisotopic (exact) mass is 300 g/mol. The van der Waals surface area contributed by atoms with Gasteiger partial charge < -0.3 is 5.73 Å². The Morgan fingerprint density at radius 2 is 1.60 bits per heavy atom. The summed E-state index contributed by atoms with van der Waals surface area (Å²) in [6.45, 7) is 6.37. The Morgan fingerprint density at radius 1 is 1.10 bits per heavy atom. The van der Waals surface area contributed by atoms with Crippen LogP contribution in [0.2, 0.25) is 0 Å². The molecular weight excluding hydrogens is 272 g/mol. The summed E-state index contributed by atoms with van der Waals surface area (Å²) in [7, 11) is 0. The molecule has 1 saturated heterocycles. The predicted octanol–water partition coefficient (Wildman–Crippen LogP) is 3.89. The number of unbranched alkanes of at least 4 members (excludes halogenated alkanes) is 4. The second kappa shape index (κ2) is 8.03. The molecule has 1 heterocycles. The van der Waals surface area contributed by atoms with Gasteiger partial charge in [0.25, 0.3) is 11.1 Å². The Labute approximate surface area is 126 Å². The molecule has 4 nitrogen and oxygen atoms in total. The van der Waals surface area contributed by atoms with Crippen LogP contribution in [0.4, 0.5) is 4.79 Å². The zero-order valence-corrected chi connectivity index (χ0v) is 13.8. The van der Waals surface area contributed by atoms with Crippen LogP contribution >= 0.6 is 11.8 Å². The molecule has 0 aromatic heterocycles. The Balaban J connectivity index is 2.79. The minimum atomic E-state index is -0.709. The van der Waals surface area contributed by atoms with Gasteiger partial charge in [-0.15, -0.1) is 0 Å². The largest absolute Gasteiger partial charge is 0.311 e. The molecule has 1 aliphatic rings. The SMILES string of the molecule is CCCCCC(C)(CCCCC)N1C(=O)SC(N)C1=O. The number of carbonyl (C=O) groups is 2. The van der Waals surface area contributed by atoms with E-state index in [0.717, 1.165) is 63.1 Å². The number of hydrogen-bond acceptors (Lipinski definition) is 4. The van der Waals surface area contributed by atoms with Crippen LogP contribution in [-0.4, -0.2) is 27.0 Å². The Kier molecular flexibility index (Phi) is 7.03. The molecule has 20 heavy (non-hydrogen) atoms. The van der Waals surface area contributed by atoms with Gasteiger partial charge in [-0.2, -0.15) is 0 Å². The van der Waals surface area contributed by atoms with E-state index in [1.165, 1.54) is 4.90 Å². The van der Waals surface area contributed by atoms with Crippen molar-refractivity contribution in [1.29, 1.82) is 0 Å². The van der Waals surface area contributed by atoms with Crippen LogP contribution in [0.3, 0.4) is 0 Å². The fourth-order valence-electron chi connectivity index (χ4n) is 2.78. The van der Waals surface area contributed by atoms with E-state index >= 15 is 0 Å².